The maximum Gasteiger partial charge on any atom is 0.410 e. The van der Waals surface area contributed by atoms with Crippen molar-refractivity contribution >= 4 is 71.0 Å². The Morgan fingerprint density at radius 1 is 0.680 bits per heavy atom. The molecule has 2 heterocycles. The number of hydrogen-bond acceptors (Lipinski definition) is 20. The van der Waals surface area contributed by atoms with Crippen molar-refractivity contribution in [1.29, 1.82) is 0 Å². The first-order chi connectivity index (χ1) is 49.0. The summed E-state index contributed by atoms with van der Waals surface area (Å²) in [6, 6.07) is 8.87. The van der Waals surface area contributed by atoms with Crippen molar-refractivity contribution in [1.82, 2.24) is 46.2 Å². The van der Waals surface area contributed by atoms with E-state index in [9.17, 15) is 57.8 Å². The lowest BCUT2D eigenvalue weighted by atomic mass is 9.87. The molecule has 4 rings (SSSR count). The first-order valence-electron chi connectivity index (χ1n) is 35.7. The molecule has 2 aromatic carbocycles. The fourth-order valence-corrected chi connectivity index (χ4v) is 12.7. The van der Waals surface area contributed by atoms with Gasteiger partial charge in [0.1, 0.15) is 24.7 Å². The number of anilines is 1. The molecule has 576 valence electrons. The van der Waals surface area contributed by atoms with E-state index in [1.165, 1.54) is 33.4 Å². The number of imide groups is 2. The second kappa shape index (κ2) is 45.3. The van der Waals surface area contributed by atoms with E-state index < -0.39 is 120 Å². The van der Waals surface area contributed by atoms with Gasteiger partial charge in [-0.05, 0) is 86.6 Å². The zero-order valence-electron chi connectivity index (χ0n) is 62.6. The van der Waals surface area contributed by atoms with Gasteiger partial charge in [0.05, 0.1) is 108 Å². The number of carbonyl (C=O) groups is 11. The summed E-state index contributed by atoms with van der Waals surface area (Å²) in [5, 5.41) is 27.3. The number of urea groups is 1. The van der Waals surface area contributed by atoms with Crippen LogP contribution in [-0.2, 0) is 82.9 Å². The molecule has 0 saturated carbocycles. The molecule has 12 atom stereocenters. The number of amides is 12. The lowest BCUT2D eigenvalue weighted by molar-refractivity contribution is -0.145. The van der Waals surface area contributed by atoms with E-state index in [0.29, 0.717) is 49.2 Å². The number of aliphatic hydroxyl groups is 1. The average Bonchev–Trinajstić information content (AvgIpc) is 1.48. The molecule has 0 bridgehead atoms. The van der Waals surface area contributed by atoms with Crippen LogP contribution in [0.15, 0.2) is 66.7 Å². The normalized spacial score (nSPS) is 17.0. The van der Waals surface area contributed by atoms with E-state index in [1.54, 1.807) is 89.9 Å². The fraction of sp³-hybridized carbons (Fsp3) is 0.658. The number of methoxy groups -OCH3 is 2. The molecule has 0 radical (unpaired) electrons. The third-order valence-corrected chi connectivity index (χ3v) is 18.5. The minimum atomic E-state index is -1.16. The summed E-state index contributed by atoms with van der Waals surface area (Å²) in [5.41, 5.74) is 6.76. The molecule has 103 heavy (non-hydrogen) atoms. The van der Waals surface area contributed by atoms with Crippen LogP contribution in [0.4, 0.5) is 15.3 Å². The Hall–Kier alpha value is -7.97. The predicted molar refractivity (Wildman–Crippen MR) is 383 cm³/mol. The van der Waals surface area contributed by atoms with Gasteiger partial charge < -0.3 is 75.5 Å². The van der Waals surface area contributed by atoms with Gasteiger partial charge in [-0.15, -0.1) is 0 Å². The molecule has 12 amide bonds. The number of carbonyl (C=O) groups excluding carboxylic acids is 11. The first kappa shape index (κ1) is 87.4. The molecule has 30 nitrogen and oxygen atoms in total. The fourth-order valence-electron chi connectivity index (χ4n) is 12.7. The molecule has 0 aliphatic carbocycles. The second-order valence-electron chi connectivity index (χ2n) is 27.2. The number of likely N-dealkylation sites (tertiary alicyclic amines) is 1. The zero-order chi connectivity index (χ0) is 76.5. The Kier molecular flexibility index (Phi) is 38.5. The van der Waals surface area contributed by atoms with Gasteiger partial charge in [0.25, 0.3) is 11.8 Å². The summed E-state index contributed by atoms with van der Waals surface area (Å²) in [5.74, 6) is -6.34. The summed E-state index contributed by atoms with van der Waals surface area (Å²) in [6.07, 6.45) is 1.39. The smallest absolute Gasteiger partial charge is 0.410 e. The second-order valence-corrected chi connectivity index (χ2v) is 27.2. The monoisotopic (exact) mass is 1450 g/mol. The Balaban J connectivity index is 1.30. The number of ether oxygens (including phenoxy) is 7. The van der Waals surface area contributed by atoms with Gasteiger partial charge in [0.15, 0.2) is 0 Å². The van der Waals surface area contributed by atoms with Crippen LogP contribution < -0.4 is 37.6 Å². The van der Waals surface area contributed by atoms with Crippen molar-refractivity contribution in [2.45, 2.75) is 181 Å². The lowest BCUT2D eigenvalue weighted by Gasteiger charge is -2.43. The molecule has 0 aromatic heterocycles. The van der Waals surface area contributed by atoms with Crippen molar-refractivity contribution in [2.75, 3.05) is 106 Å². The Bertz CT molecular complexity index is 3050. The van der Waals surface area contributed by atoms with Gasteiger partial charge >= 0.3 is 12.1 Å². The molecule has 2 aliphatic rings. The summed E-state index contributed by atoms with van der Waals surface area (Å²) in [6.45, 7) is 20.4. The highest BCUT2D eigenvalue weighted by atomic mass is 16.6. The molecule has 0 spiro atoms. The van der Waals surface area contributed by atoms with Crippen molar-refractivity contribution in [2.24, 2.45) is 35.3 Å². The number of hydrogen-bond donors (Lipinski definition) is 8. The van der Waals surface area contributed by atoms with Gasteiger partial charge in [0, 0.05) is 64.7 Å². The van der Waals surface area contributed by atoms with Gasteiger partial charge in [0.2, 0.25) is 41.4 Å². The standard InChI is InChI=1S/C73H115N11O19/c1-15-48(8)64(56(97-13)43-60(88)83-33-20-24-55(83)66(98-14)49(9)67(90)76-50(10)65(89)52-21-17-16-18-22-52)81(11)62(46(4)5)70(93)80-71(94)63(47(6)7)82(12)73(96)103-44-51-25-27-53(28-26-51)77-68(91)54(23-19-32-75-72(74)95)78-69(92)61(45(2)3)79-57(85)31-35-99-37-39-101-41-42-102-40-38-100-36-34-84-58(86)29-30-59(84)87/h16-18,21-22,25-30,45-50,54-56,61-66,89H,15,19-20,23-24,31-44H2,1-14H3,(H,76,90)(H,77,91)(H,78,92)(H,79,85)(H3,74,75,95)(H,80,93,94)/t48-,49+,50+,54+,55-,56+,61-,62-,63-,64?,65+,66?/m0/s1. The number of aliphatic hydroxyl groups excluding tert-OH is 1. The highest BCUT2D eigenvalue weighted by Crippen LogP contribution is 2.31. The van der Waals surface area contributed by atoms with Crippen molar-refractivity contribution < 1.29 is 91.0 Å². The minimum Gasteiger partial charge on any atom is -0.445 e. The molecule has 2 aromatic rings. The molecule has 1 saturated heterocycles. The number of benzene rings is 2. The number of nitrogens with zero attached hydrogens (tertiary/aromatic N) is 4. The van der Waals surface area contributed by atoms with Crippen LogP contribution in [0.25, 0.3) is 0 Å². The number of rotatable bonds is 47. The van der Waals surface area contributed by atoms with Crippen LogP contribution in [0.2, 0.25) is 0 Å². The summed E-state index contributed by atoms with van der Waals surface area (Å²) >= 11 is 0. The molecule has 1 fully saturated rings. The molecular weight excluding hydrogens is 1330 g/mol. The highest BCUT2D eigenvalue weighted by molar-refractivity contribution is 6.12. The number of primary amides is 1. The van der Waals surface area contributed by atoms with E-state index in [4.69, 9.17) is 38.9 Å². The van der Waals surface area contributed by atoms with Crippen LogP contribution in [0.3, 0.4) is 0 Å². The molecule has 2 unspecified atom stereocenters. The maximum absolute atomic E-state index is 14.6. The summed E-state index contributed by atoms with van der Waals surface area (Å²) < 4.78 is 39.7. The van der Waals surface area contributed by atoms with Crippen LogP contribution in [0, 0.1) is 29.6 Å². The maximum atomic E-state index is 14.6. The van der Waals surface area contributed by atoms with E-state index in [-0.39, 0.29) is 127 Å². The van der Waals surface area contributed by atoms with Gasteiger partial charge in [-0.2, -0.15) is 0 Å². The third kappa shape index (κ3) is 28.2. The number of nitrogens with one attached hydrogen (secondary N) is 6. The van der Waals surface area contributed by atoms with Gasteiger partial charge in [-0.3, -0.25) is 63.2 Å². The molecule has 30 heteroatoms. The first-order valence-corrected chi connectivity index (χ1v) is 35.7. The number of likely N-dealkylation sites (N-methyl/N-ethyl adjacent to an activating group) is 2. The van der Waals surface area contributed by atoms with Crippen molar-refractivity contribution in [3.8, 4) is 0 Å². The summed E-state index contributed by atoms with van der Waals surface area (Å²) in [7, 11) is 6.22. The highest BCUT2D eigenvalue weighted by Gasteiger charge is 2.44. The van der Waals surface area contributed by atoms with Crippen molar-refractivity contribution in [3.63, 3.8) is 0 Å². The van der Waals surface area contributed by atoms with Crippen LogP contribution in [0.5, 0.6) is 0 Å². The minimum absolute atomic E-state index is 0.0390. The van der Waals surface area contributed by atoms with Crippen molar-refractivity contribution in [3.05, 3.63) is 77.9 Å². The van der Waals surface area contributed by atoms with Gasteiger partial charge in [-0.25, -0.2) is 9.59 Å². The quantitative estimate of drug-likeness (QED) is 0.0343. The molecular formula is C73H115N11O19. The Morgan fingerprint density at radius 2 is 1.26 bits per heavy atom. The predicted octanol–water partition coefficient (Wildman–Crippen LogP) is 3.97. The topological polar surface area (TPSA) is 384 Å². The SMILES string of the molecule is CC[C@H](C)C([C@@H](CC(=O)N1CCC[C@H]1C(OC)[C@@H](C)C(=O)N[C@H](C)[C@@H](O)c1ccccc1)OC)N(C)[C@H](C(=O)NC(=O)[C@H](C(C)C)N(C)C(=O)OCc1ccc(NC(=O)[C@@H](CCCNC(N)=O)NC(=O)[C@@H](NC(=O)CCOCCOCCOCCOCCN2C(=O)C=CC2=O)C(C)C)cc1)C(C)C. The Morgan fingerprint density at radius 3 is 1.82 bits per heavy atom. The Labute approximate surface area is 606 Å². The average molecular weight is 1450 g/mol. The van der Waals surface area contributed by atoms with Gasteiger partial charge in [-0.1, -0.05) is 111 Å². The van der Waals surface area contributed by atoms with Crippen LogP contribution in [0.1, 0.15) is 131 Å². The molecule has 2 aliphatic heterocycles. The zero-order valence-corrected chi connectivity index (χ0v) is 62.6. The lowest BCUT2D eigenvalue weighted by Crippen LogP contribution is -2.60. The van der Waals surface area contributed by atoms with Crippen LogP contribution >= 0.6 is 0 Å². The largest absolute Gasteiger partial charge is 0.445 e. The third-order valence-electron chi connectivity index (χ3n) is 18.5. The van der Waals surface area contributed by atoms with E-state index in [2.05, 4.69) is 31.9 Å². The number of nitrogens with two attached hydrogens (primary N) is 1. The van der Waals surface area contributed by atoms with E-state index >= 15 is 0 Å². The molecule has 9 N–H and O–H groups in total. The van der Waals surface area contributed by atoms with E-state index in [0.717, 1.165) is 9.80 Å². The summed E-state index contributed by atoms with van der Waals surface area (Å²) in [4.78, 5) is 152. The van der Waals surface area contributed by atoms with E-state index in [1.807, 2.05) is 50.8 Å². The van der Waals surface area contributed by atoms with Crippen LogP contribution in [-0.4, -0.2) is 245 Å².